The van der Waals surface area contributed by atoms with Gasteiger partial charge in [0.1, 0.15) is 4.83 Å². The van der Waals surface area contributed by atoms with Gasteiger partial charge in [0.15, 0.2) is 0 Å². The largest absolute Gasteiger partial charge is 0.271 e. The van der Waals surface area contributed by atoms with Crippen LogP contribution >= 0.6 is 11.3 Å². The van der Waals surface area contributed by atoms with Crippen molar-refractivity contribution < 1.29 is 0 Å². The summed E-state index contributed by atoms with van der Waals surface area (Å²) in [6.45, 7) is 4.01. The van der Waals surface area contributed by atoms with Gasteiger partial charge in [0, 0.05) is 16.6 Å². The van der Waals surface area contributed by atoms with Crippen molar-refractivity contribution in [1.29, 1.82) is 0 Å². The molecule has 0 aromatic carbocycles. The van der Waals surface area contributed by atoms with Crippen molar-refractivity contribution in [2.45, 2.75) is 13.8 Å². The van der Waals surface area contributed by atoms with E-state index in [0.29, 0.717) is 0 Å². The van der Waals surface area contributed by atoms with E-state index in [9.17, 15) is 4.79 Å². The number of pyridine rings is 1. The van der Waals surface area contributed by atoms with Gasteiger partial charge < -0.3 is 0 Å². The van der Waals surface area contributed by atoms with Crippen molar-refractivity contribution in [3.63, 3.8) is 0 Å². The minimum absolute atomic E-state index is 0.0642. The molecule has 0 N–H and O–H groups in total. The van der Waals surface area contributed by atoms with Crippen LogP contribution in [0.2, 0.25) is 0 Å². The molecule has 12 heavy (non-hydrogen) atoms. The maximum Gasteiger partial charge on any atom is 0.255 e. The van der Waals surface area contributed by atoms with Gasteiger partial charge in [0.2, 0.25) is 0 Å². The molecule has 0 radical (unpaired) electrons. The van der Waals surface area contributed by atoms with Crippen molar-refractivity contribution in [1.82, 2.24) is 4.40 Å². The first-order valence-corrected chi connectivity index (χ1v) is 4.59. The van der Waals surface area contributed by atoms with Crippen LogP contribution in [0, 0.1) is 13.8 Å². The van der Waals surface area contributed by atoms with Gasteiger partial charge >= 0.3 is 0 Å². The van der Waals surface area contributed by atoms with E-state index in [1.165, 1.54) is 4.88 Å². The SMILES string of the molecule is Cc1sc2cccc(=O)n2c1C. The molecule has 0 spiro atoms. The average Bonchev–Trinajstić information content (AvgIpc) is 2.29. The maximum atomic E-state index is 11.4. The van der Waals surface area contributed by atoms with Crippen LogP contribution in [-0.4, -0.2) is 4.40 Å². The van der Waals surface area contributed by atoms with E-state index < -0.39 is 0 Å². The Hall–Kier alpha value is -1.09. The molecule has 2 aromatic rings. The molecule has 0 atom stereocenters. The molecule has 0 aliphatic rings. The van der Waals surface area contributed by atoms with Crippen molar-refractivity contribution in [3.05, 3.63) is 39.1 Å². The molecule has 62 valence electrons. The van der Waals surface area contributed by atoms with E-state index >= 15 is 0 Å². The van der Waals surface area contributed by atoms with Crippen LogP contribution in [0.25, 0.3) is 4.83 Å². The Bertz CT molecular complexity index is 481. The van der Waals surface area contributed by atoms with Crippen LogP contribution in [0.4, 0.5) is 0 Å². The second kappa shape index (κ2) is 2.45. The molecular formula is C9H9NOS. The average molecular weight is 179 g/mol. The third-order valence-electron chi connectivity index (χ3n) is 2.02. The predicted octanol–water partition coefficient (Wildman–Crippen LogP) is 1.98. The standard InChI is InChI=1S/C9H9NOS/c1-6-7(2)12-9-5-3-4-8(11)10(6)9/h3-5H,1-2H3. The highest BCUT2D eigenvalue weighted by molar-refractivity contribution is 7.17. The molecular weight excluding hydrogens is 170 g/mol. The summed E-state index contributed by atoms with van der Waals surface area (Å²) in [4.78, 5) is 13.6. The topological polar surface area (TPSA) is 21.5 Å². The van der Waals surface area contributed by atoms with Crippen LogP contribution in [0.5, 0.6) is 0 Å². The summed E-state index contributed by atoms with van der Waals surface area (Å²) in [6, 6.07) is 5.35. The van der Waals surface area contributed by atoms with Crippen molar-refractivity contribution in [2.24, 2.45) is 0 Å². The third kappa shape index (κ3) is 0.898. The van der Waals surface area contributed by atoms with E-state index in [2.05, 4.69) is 0 Å². The number of aryl methyl sites for hydroxylation is 2. The summed E-state index contributed by atoms with van der Waals surface area (Å²) in [5, 5.41) is 0. The first kappa shape index (κ1) is 7.55. The fourth-order valence-electron chi connectivity index (χ4n) is 1.27. The Morgan fingerprint density at radius 3 is 2.75 bits per heavy atom. The van der Waals surface area contributed by atoms with E-state index in [4.69, 9.17) is 0 Å². The fraction of sp³-hybridized carbons (Fsp3) is 0.222. The Morgan fingerprint density at radius 2 is 2.08 bits per heavy atom. The molecule has 0 aliphatic carbocycles. The Kier molecular flexibility index (Phi) is 1.54. The molecule has 0 aliphatic heterocycles. The lowest BCUT2D eigenvalue weighted by Gasteiger charge is -1.92. The molecule has 0 unspecified atom stereocenters. The van der Waals surface area contributed by atoms with E-state index in [1.807, 2.05) is 19.9 Å². The lowest BCUT2D eigenvalue weighted by atomic mass is 10.4. The number of aromatic nitrogens is 1. The smallest absolute Gasteiger partial charge is 0.255 e. The first-order valence-electron chi connectivity index (χ1n) is 3.78. The zero-order valence-corrected chi connectivity index (χ0v) is 7.81. The van der Waals surface area contributed by atoms with Gasteiger partial charge in [-0.05, 0) is 19.9 Å². The van der Waals surface area contributed by atoms with Gasteiger partial charge in [-0.25, -0.2) is 0 Å². The van der Waals surface area contributed by atoms with Gasteiger partial charge in [-0.2, -0.15) is 0 Å². The molecule has 0 amide bonds. The van der Waals surface area contributed by atoms with Gasteiger partial charge in [-0.15, -0.1) is 11.3 Å². The predicted molar refractivity (Wildman–Crippen MR) is 51.0 cm³/mol. The lowest BCUT2D eigenvalue weighted by molar-refractivity contribution is 1.04. The summed E-state index contributed by atoms with van der Waals surface area (Å²) in [5.74, 6) is 0. The summed E-state index contributed by atoms with van der Waals surface area (Å²) in [7, 11) is 0. The zero-order valence-electron chi connectivity index (χ0n) is 7.00. The summed E-state index contributed by atoms with van der Waals surface area (Å²) < 4.78 is 1.75. The maximum absolute atomic E-state index is 11.4. The number of hydrogen-bond acceptors (Lipinski definition) is 2. The molecule has 2 heterocycles. The van der Waals surface area contributed by atoms with Crippen molar-refractivity contribution >= 4 is 16.2 Å². The molecule has 3 heteroatoms. The number of fused-ring (bicyclic) bond motifs is 1. The highest BCUT2D eigenvalue weighted by atomic mass is 32.1. The summed E-state index contributed by atoms with van der Waals surface area (Å²) in [5.41, 5.74) is 1.12. The minimum Gasteiger partial charge on any atom is -0.271 e. The lowest BCUT2D eigenvalue weighted by Crippen LogP contribution is -2.10. The van der Waals surface area contributed by atoms with E-state index in [-0.39, 0.29) is 5.56 Å². The van der Waals surface area contributed by atoms with Gasteiger partial charge in [0.05, 0.1) is 0 Å². The monoisotopic (exact) mass is 179 g/mol. The first-order chi connectivity index (χ1) is 5.70. The molecule has 2 rings (SSSR count). The molecule has 0 bridgehead atoms. The molecule has 2 nitrogen and oxygen atoms in total. The number of nitrogens with zero attached hydrogens (tertiary/aromatic N) is 1. The summed E-state index contributed by atoms with van der Waals surface area (Å²) >= 11 is 1.66. The Balaban J connectivity index is 3.07. The van der Waals surface area contributed by atoms with Crippen molar-refractivity contribution in [2.75, 3.05) is 0 Å². The quantitative estimate of drug-likeness (QED) is 0.606. The summed E-state index contributed by atoms with van der Waals surface area (Å²) in [6.07, 6.45) is 0. The normalized spacial score (nSPS) is 10.8. The van der Waals surface area contributed by atoms with Gasteiger partial charge in [-0.3, -0.25) is 9.20 Å². The molecule has 0 saturated carbocycles. The second-order valence-electron chi connectivity index (χ2n) is 2.78. The minimum atomic E-state index is 0.0642. The molecule has 0 fully saturated rings. The fourth-order valence-corrected chi connectivity index (χ4v) is 2.29. The van der Waals surface area contributed by atoms with Crippen LogP contribution in [0.3, 0.4) is 0 Å². The third-order valence-corrected chi connectivity index (χ3v) is 3.15. The Morgan fingerprint density at radius 1 is 1.33 bits per heavy atom. The number of rotatable bonds is 0. The number of thiazole rings is 1. The van der Waals surface area contributed by atoms with Crippen LogP contribution < -0.4 is 5.56 Å². The van der Waals surface area contributed by atoms with E-state index in [1.54, 1.807) is 27.9 Å². The zero-order chi connectivity index (χ0) is 8.72. The molecule has 0 saturated heterocycles. The van der Waals surface area contributed by atoms with Crippen LogP contribution in [0.1, 0.15) is 10.6 Å². The highest BCUT2D eigenvalue weighted by Gasteiger charge is 2.03. The highest BCUT2D eigenvalue weighted by Crippen LogP contribution is 2.19. The van der Waals surface area contributed by atoms with Gasteiger partial charge in [-0.1, -0.05) is 6.07 Å². The second-order valence-corrected chi connectivity index (χ2v) is 4.02. The number of hydrogen-bond donors (Lipinski definition) is 0. The van der Waals surface area contributed by atoms with Crippen molar-refractivity contribution in [3.8, 4) is 0 Å². The van der Waals surface area contributed by atoms with E-state index in [0.717, 1.165) is 10.5 Å². The molecule has 2 aromatic heterocycles. The van der Waals surface area contributed by atoms with Gasteiger partial charge in [0.25, 0.3) is 5.56 Å². The van der Waals surface area contributed by atoms with Crippen LogP contribution in [0.15, 0.2) is 23.0 Å². The Labute approximate surface area is 74.1 Å². The van der Waals surface area contributed by atoms with Crippen LogP contribution in [-0.2, 0) is 0 Å².